The number of rotatable bonds is 2. The first-order valence-electron chi connectivity index (χ1n) is 9.56. The van der Waals surface area contributed by atoms with Crippen molar-refractivity contribution >= 4 is 37.6 Å². The molecule has 0 atom stereocenters. The molecule has 26 heavy (non-hydrogen) atoms. The van der Waals surface area contributed by atoms with Gasteiger partial charge in [0.25, 0.3) is 0 Å². The standard InChI is InChI=1S/C20H24N4OS/c1-20(2)9-15-12(10-25-20)8-14-16-17(26-19(14)24-15)18(22-11-21-16)23-13-6-4-3-5-7-13/h8,11,13H,3-7,9-10H2,1-2H3,(H,21,22,23). The highest BCUT2D eigenvalue weighted by atomic mass is 32.1. The lowest BCUT2D eigenvalue weighted by Crippen LogP contribution is -2.32. The third-order valence-electron chi connectivity index (χ3n) is 5.57. The molecule has 0 spiro atoms. The molecular formula is C20H24N4OS. The molecule has 1 saturated carbocycles. The van der Waals surface area contributed by atoms with Gasteiger partial charge in [-0.15, -0.1) is 11.3 Å². The summed E-state index contributed by atoms with van der Waals surface area (Å²) in [6, 6.07) is 2.76. The van der Waals surface area contributed by atoms with E-state index in [1.807, 2.05) is 0 Å². The molecule has 0 unspecified atom stereocenters. The fraction of sp³-hybridized carbons (Fsp3) is 0.550. The molecule has 1 aliphatic heterocycles. The van der Waals surface area contributed by atoms with E-state index in [4.69, 9.17) is 9.72 Å². The molecule has 1 fully saturated rings. The number of fused-ring (bicyclic) bond motifs is 4. The zero-order valence-electron chi connectivity index (χ0n) is 15.3. The average molecular weight is 369 g/mol. The smallest absolute Gasteiger partial charge is 0.147 e. The fourth-order valence-corrected chi connectivity index (χ4v) is 5.21. The van der Waals surface area contributed by atoms with Crippen LogP contribution in [0.4, 0.5) is 5.82 Å². The minimum atomic E-state index is -0.141. The molecular weight excluding hydrogens is 344 g/mol. The molecule has 3 aromatic rings. The Morgan fingerprint density at radius 1 is 1.19 bits per heavy atom. The normalized spacial score (nSPS) is 20.4. The summed E-state index contributed by atoms with van der Waals surface area (Å²) >= 11 is 1.71. The molecule has 0 bridgehead atoms. The van der Waals surface area contributed by atoms with Gasteiger partial charge in [-0.3, -0.25) is 0 Å². The maximum absolute atomic E-state index is 5.97. The van der Waals surface area contributed by atoms with Crippen LogP contribution in [0.25, 0.3) is 20.4 Å². The van der Waals surface area contributed by atoms with E-state index < -0.39 is 0 Å². The lowest BCUT2D eigenvalue weighted by Gasteiger charge is -2.30. The van der Waals surface area contributed by atoms with Crippen LogP contribution in [0, 0.1) is 0 Å². The minimum Gasteiger partial charge on any atom is -0.370 e. The highest BCUT2D eigenvalue weighted by Crippen LogP contribution is 2.38. The first-order chi connectivity index (χ1) is 12.6. The summed E-state index contributed by atoms with van der Waals surface area (Å²) in [5, 5.41) is 4.80. The number of nitrogens with one attached hydrogen (secondary N) is 1. The van der Waals surface area contributed by atoms with Gasteiger partial charge in [0.1, 0.15) is 17.0 Å². The van der Waals surface area contributed by atoms with Gasteiger partial charge in [0.15, 0.2) is 0 Å². The number of aromatic nitrogens is 3. The van der Waals surface area contributed by atoms with E-state index in [1.165, 1.54) is 37.7 Å². The molecule has 0 amide bonds. The third-order valence-corrected chi connectivity index (χ3v) is 6.67. The number of pyridine rings is 1. The largest absolute Gasteiger partial charge is 0.370 e. The predicted molar refractivity (Wildman–Crippen MR) is 106 cm³/mol. The summed E-state index contributed by atoms with van der Waals surface area (Å²) in [4.78, 5) is 15.2. The zero-order chi connectivity index (χ0) is 17.7. The van der Waals surface area contributed by atoms with E-state index in [9.17, 15) is 0 Å². The predicted octanol–water partition coefficient (Wildman–Crippen LogP) is 4.84. The molecule has 1 aliphatic carbocycles. The second-order valence-electron chi connectivity index (χ2n) is 8.15. The van der Waals surface area contributed by atoms with Crippen molar-refractivity contribution in [1.29, 1.82) is 0 Å². The van der Waals surface area contributed by atoms with Crippen LogP contribution in [0.1, 0.15) is 57.2 Å². The zero-order valence-corrected chi connectivity index (χ0v) is 16.2. The van der Waals surface area contributed by atoms with Crippen molar-refractivity contribution in [1.82, 2.24) is 15.0 Å². The Hall–Kier alpha value is -1.79. The van der Waals surface area contributed by atoms with Gasteiger partial charge in [-0.05, 0) is 32.8 Å². The lowest BCUT2D eigenvalue weighted by atomic mass is 9.95. The van der Waals surface area contributed by atoms with Gasteiger partial charge in [-0.2, -0.15) is 0 Å². The molecule has 6 heteroatoms. The molecule has 5 nitrogen and oxygen atoms in total. The monoisotopic (exact) mass is 368 g/mol. The highest BCUT2D eigenvalue weighted by Gasteiger charge is 2.28. The first-order valence-corrected chi connectivity index (χ1v) is 10.4. The number of nitrogens with zero attached hydrogens (tertiary/aromatic N) is 3. The second kappa shape index (κ2) is 6.13. The number of hydrogen-bond donors (Lipinski definition) is 1. The van der Waals surface area contributed by atoms with Gasteiger partial charge in [-0.1, -0.05) is 19.3 Å². The molecule has 0 saturated heterocycles. The summed E-state index contributed by atoms with van der Waals surface area (Å²) in [5.74, 6) is 0.972. The molecule has 5 rings (SSSR count). The van der Waals surface area contributed by atoms with Crippen LogP contribution >= 0.6 is 11.3 Å². The number of thiophene rings is 1. The van der Waals surface area contributed by atoms with Crippen molar-refractivity contribution in [2.75, 3.05) is 5.32 Å². The van der Waals surface area contributed by atoms with E-state index >= 15 is 0 Å². The molecule has 4 heterocycles. The van der Waals surface area contributed by atoms with Crippen molar-refractivity contribution in [2.45, 2.75) is 70.6 Å². The van der Waals surface area contributed by atoms with Gasteiger partial charge in [0, 0.05) is 23.4 Å². The number of hydrogen-bond acceptors (Lipinski definition) is 6. The van der Waals surface area contributed by atoms with Gasteiger partial charge in [0.05, 0.1) is 28.1 Å². The van der Waals surface area contributed by atoms with Crippen LogP contribution in [-0.4, -0.2) is 26.6 Å². The minimum absolute atomic E-state index is 0.141. The molecule has 3 aromatic heterocycles. The van der Waals surface area contributed by atoms with Gasteiger partial charge in [-0.25, -0.2) is 15.0 Å². The average Bonchev–Trinajstić information content (AvgIpc) is 2.99. The van der Waals surface area contributed by atoms with Crippen molar-refractivity contribution in [3.05, 3.63) is 23.7 Å². The number of ether oxygens (including phenoxy) is 1. The maximum Gasteiger partial charge on any atom is 0.147 e. The SMILES string of the molecule is CC1(C)Cc2nc3sc4c(NC5CCCCC5)ncnc4c3cc2CO1. The van der Waals surface area contributed by atoms with Crippen LogP contribution in [0.5, 0.6) is 0 Å². The van der Waals surface area contributed by atoms with Gasteiger partial charge in [0.2, 0.25) is 0 Å². The molecule has 1 N–H and O–H groups in total. The van der Waals surface area contributed by atoms with Crippen molar-refractivity contribution < 1.29 is 4.74 Å². The Labute approximate surface area is 157 Å². The van der Waals surface area contributed by atoms with Crippen LogP contribution in [0.2, 0.25) is 0 Å². The molecule has 136 valence electrons. The first kappa shape index (κ1) is 16.4. The fourth-order valence-electron chi connectivity index (χ4n) is 4.13. The van der Waals surface area contributed by atoms with Crippen LogP contribution < -0.4 is 5.32 Å². The molecule has 0 aromatic carbocycles. The summed E-state index contributed by atoms with van der Waals surface area (Å²) in [7, 11) is 0. The Balaban J connectivity index is 1.59. The summed E-state index contributed by atoms with van der Waals surface area (Å²) in [6.07, 6.45) is 8.97. The highest BCUT2D eigenvalue weighted by molar-refractivity contribution is 7.25. The maximum atomic E-state index is 5.97. The van der Waals surface area contributed by atoms with Crippen molar-refractivity contribution in [2.24, 2.45) is 0 Å². The third kappa shape index (κ3) is 2.85. The van der Waals surface area contributed by atoms with E-state index in [0.29, 0.717) is 12.6 Å². The summed E-state index contributed by atoms with van der Waals surface area (Å²) in [5.41, 5.74) is 3.23. The topological polar surface area (TPSA) is 59.9 Å². The van der Waals surface area contributed by atoms with E-state index in [0.717, 1.165) is 38.4 Å². The lowest BCUT2D eigenvalue weighted by molar-refractivity contribution is -0.0411. The van der Waals surface area contributed by atoms with Crippen LogP contribution in [0.3, 0.4) is 0 Å². The Kier molecular flexibility index (Phi) is 3.87. The van der Waals surface area contributed by atoms with Gasteiger partial charge >= 0.3 is 0 Å². The van der Waals surface area contributed by atoms with Gasteiger partial charge < -0.3 is 10.1 Å². The quantitative estimate of drug-likeness (QED) is 0.702. The second-order valence-corrected chi connectivity index (χ2v) is 9.15. The van der Waals surface area contributed by atoms with E-state index in [1.54, 1.807) is 17.7 Å². The van der Waals surface area contributed by atoms with E-state index in [-0.39, 0.29) is 5.60 Å². The van der Waals surface area contributed by atoms with E-state index in [2.05, 4.69) is 35.2 Å². The van der Waals surface area contributed by atoms with Crippen LogP contribution in [0.15, 0.2) is 12.4 Å². The van der Waals surface area contributed by atoms with Crippen molar-refractivity contribution in [3.63, 3.8) is 0 Å². The number of anilines is 1. The van der Waals surface area contributed by atoms with Crippen molar-refractivity contribution in [3.8, 4) is 0 Å². The summed E-state index contributed by atoms with van der Waals surface area (Å²) in [6.45, 7) is 4.88. The van der Waals surface area contributed by atoms with Crippen LogP contribution in [-0.2, 0) is 17.8 Å². The summed E-state index contributed by atoms with van der Waals surface area (Å²) < 4.78 is 7.10. The molecule has 2 aliphatic rings. The Bertz CT molecular complexity index is 975. The Morgan fingerprint density at radius 3 is 2.88 bits per heavy atom. The Morgan fingerprint density at radius 2 is 2.04 bits per heavy atom. The molecule has 0 radical (unpaired) electrons.